The summed E-state index contributed by atoms with van der Waals surface area (Å²) in [6.45, 7) is 3.66. The number of amides is 1. The van der Waals surface area contributed by atoms with Gasteiger partial charge in [-0.1, -0.05) is 18.2 Å². The van der Waals surface area contributed by atoms with E-state index in [1.165, 1.54) is 4.57 Å². The molecule has 7 nitrogen and oxygen atoms in total. The van der Waals surface area contributed by atoms with Crippen LogP contribution >= 0.6 is 0 Å². The molecule has 0 aliphatic rings. The Kier molecular flexibility index (Phi) is 4.49. The highest BCUT2D eigenvalue weighted by Gasteiger charge is 2.18. The topological polar surface area (TPSA) is 81.8 Å². The molecule has 0 spiro atoms. The minimum absolute atomic E-state index is 0.123. The minimum Gasteiger partial charge on any atom is -0.323 e. The van der Waals surface area contributed by atoms with E-state index in [9.17, 15) is 9.59 Å². The summed E-state index contributed by atoms with van der Waals surface area (Å²) in [5, 5.41) is 8.27. The lowest BCUT2D eigenvalue weighted by Gasteiger charge is -2.12. The zero-order chi connectivity index (χ0) is 19.7. The summed E-state index contributed by atoms with van der Waals surface area (Å²) in [4.78, 5) is 29.3. The van der Waals surface area contributed by atoms with Crippen molar-refractivity contribution in [3.05, 3.63) is 82.5 Å². The fourth-order valence-corrected chi connectivity index (χ4v) is 3.35. The van der Waals surface area contributed by atoms with E-state index in [0.717, 1.165) is 22.3 Å². The molecule has 4 rings (SSSR count). The number of anilines is 1. The van der Waals surface area contributed by atoms with Crippen LogP contribution in [0, 0.1) is 13.8 Å². The number of nitrogens with zero attached hydrogens (tertiary/aromatic N) is 4. The van der Waals surface area contributed by atoms with Gasteiger partial charge in [-0.15, -0.1) is 0 Å². The van der Waals surface area contributed by atoms with Crippen LogP contribution in [0.1, 0.15) is 11.3 Å². The van der Waals surface area contributed by atoms with E-state index in [2.05, 4.69) is 15.4 Å². The number of nitrogens with one attached hydrogen (secondary N) is 1. The van der Waals surface area contributed by atoms with Crippen molar-refractivity contribution < 1.29 is 4.79 Å². The first-order chi connectivity index (χ1) is 13.5. The molecule has 0 unspecified atom stereocenters. The number of carbonyl (C=O) groups excluding carboxylic acids is 1. The molecule has 1 aromatic carbocycles. The van der Waals surface area contributed by atoms with Gasteiger partial charge in [-0.2, -0.15) is 5.10 Å². The number of rotatable bonds is 4. The maximum atomic E-state index is 12.8. The average molecular weight is 373 g/mol. The van der Waals surface area contributed by atoms with Crippen molar-refractivity contribution in [2.45, 2.75) is 20.4 Å². The Morgan fingerprint density at radius 2 is 1.89 bits per heavy atom. The van der Waals surface area contributed by atoms with Crippen LogP contribution in [0.5, 0.6) is 0 Å². The molecule has 28 heavy (non-hydrogen) atoms. The number of hydrogen-bond acceptors (Lipinski definition) is 4. The van der Waals surface area contributed by atoms with Gasteiger partial charge in [-0.05, 0) is 43.7 Å². The molecule has 1 N–H and O–H groups in total. The van der Waals surface area contributed by atoms with E-state index in [1.54, 1.807) is 35.3 Å². The van der Waals surface area contributed by atoms with E-state index in [4.69, 9.17) is 0 Å². The predicted octanol–water partition coefficient (Wildman–Crippen LogP) is 2.84. The van der Waals surface area contributed by atoms with Crippen LogP contribution in [-0.2, 0) is 11.3 Å². The van der Waals surface area contributed by atoms with E-state index in [-0.39, 0.29) is 18.0 Å². The first-order valence-electron chi connectivity index (χ1n) is 8.89. The maximum absolute atomic E-state index is 12.8. The standard InChI is InChI=1S/C21H19N5O2/c1-14-11-19(28)25(13-18(27)23-16-7-6-10-22-12-16)21-20(14)15(2)24-26(21)17-8-4-3-5-9-17/h3-12H,13H2,1-2H3,(H,23,27). The second-order valence-electron chi connectivity index (χ2n) is 6.57. The number of benzene rings is 1. The second kappa shape index (κ2) is 7.11. The third-order valence-corrected chi connectivity index (χ3v) is 4.54. The summed E-state index contributed by atoms with van der Waals surface area (Å²) in [5.74, 6) is -0.307. The Morgan fingerprint density at radius 1 is 1.11 bits per heavy atom. The normalized spacial score (nSPS) is 10.9. The molecule has 0 fully saturated rings. The van der Waals surface area contributed by atoms with Crippen LogP contribution in [0.3, 0.4) is 0 Å². The van der Waals surface area contributed by atoms with Crippen molar-refractivity contribution in [3.63, 3.8) is 0 Å². The van der Waals surface area contributed by atoms with Crippen LogP contribution in [0.2, 0.25) is 0 Å². The van der Waals surface area contributed by atoms with Gasteiger partial charge in [0.15, 0.2) is 0 Å². The number of fused-ring (bicyclic) bond motifs is 1. The zero-order valence-electron chi connectivity index (χ0n) is 15.6. The number of aromatic nitrogens is 4. The maximum Gasteiger partial charge on any atom is 0.252 e. The highest BCUT2D eigenvalue weighted by atomic mass is 16.2. The highest BCUT2D eigenvalue weighted by molar-refractivity contribution is 5.92. The third-order valence-electron chi connectivity index (χ3n) is 4.54. The van der Waals surface area contributed by atoms with E-state index < -0.39 is 0 Å². The first kappa shape index (κ1) is 17.7. The van der Waals surface area contributed by atoms with Gasteiger partial charge in [0.25, 0.3) is 5.56 Å². The van der Waals surface area contributed by atoms with Gasteiger partial charge in [0.1, 0.15) is 12.2 Å². The van der Waals surface area contributed by atoms with Gasteiger partial charge in [0.2, 0.25) is 5.91 Å². The molecule has 0 bridgehead atoms. The van der Waals surface area contributed by atoms with Crippen LogP contribution in [-0.4, -0.2) is 25.2 Å². The Labute approximate surface area is 161 Å². The van der Waals surface area contributed by atoms with Gasteiger partial charge in [0, 0.05) is 17.6 Å². The lowest BCUT2D eigenvalue weighted by atomic mass is 10.1. The summed E-state index contributed by atoms with van der Waals surface area (Å²) in [6.07, 6.45) is 3.19. The molecule has 7 heteroatoms. The molecule has 0 aliphatic carbocycles. The molecule has 0 radical (unpaired) electrons. The van der Waals surface area contributed by atoms with Crippen molar-refractivity contribution in [1.29, 1.82) is 0 Å². The van der Waals surface area contributed by atoms with E-state index in [0.29, 0.717) is 11.3 Å². The Balaban J connectivity index is 1.84. The largest absolute Gasteiger partial charge is 0.323 e. The molecule has 0 saturated heterocycles. The van der Waals surface area contributed by atoms with Crippen molar-refractivity contribution in [2.75, 3.05) is 5.32 Å². The highest BCUT2D eigenvalue weighted by Crippen LogP contribution is 2.23. The lowest BCUT2D eigenvalue weighted by molar-refractivity contribution is -0.116. The zero-order valence-corrected chi connectivity index (χ0v) is 15.6. The Bertz CT molecular complexity index is 1210. The van der Waals surface area contributed by atoms with Crippen molar-refractivity contribution in [3.8, 4) is 5.69 Å². The number of pyridine rings is 2. The molecule has 4 aromatic rings. The van der Waals surface area contributed by atoms with Gasteiger partial charge in [0.05, 0.1) is 23.3 Å². The van der Waals surface area contributed by atoms with Gasteiger partial charge in [-0.25, -0.2) is 4.68 Å². The molecule has 1 amide bonds. The van der Waals surface area contributed by atoms with E-state index in [1.807, 2.05) is 44.2 Å². The fourth-order valence-electron chi connectivity index (χ4n) is 3.35. The van der Waals surface area contributed by atoms with Gasteiger partial charge >= 0.3 is 0 Å². The van der Waals surface area contributed by atoms with Crippen LogP contribution in [0.15, 0.2) is 65.7 Å². The van der Waals surface area contributed by atoms with E-state index >= 15 is 0 Å². The van der Waals surface area contributed by atoms with Crippen molar-refractivity contribution in [2.24, 2.45) is 0 Å². The number of hydrogen-bond donors (Lipinski definition) is 1. The summed E-state index contributed by atoms with van der Waals surface area (Å²) < 4.78 is 3.18. The predicted molar refractivity (Wildman–Crippen MR) is 108 cm³/mol. The molecular weight excluding hydrogens is 354 g/mol. The Hall–Kier alpha value is -3.74. The number of carbonyl (C=O) groups is 1. The molecule has 3 heterocycles. The smallest absolute Gasteiger partial charge is 0.252 e. The molecule has 0 atom stereocenters. The number of para-hydroxylation sites is 1. The number of aryl methyl sites for hydroxylation is 2. The summed E-state index contributed by atoms with van der Waals surface area (Å²) >= 11 is 0. The monoisotopic (exact) mass is 373 g/mol. The van der Waals surface area contributed by atoms with Gasteiger partial charge < -0.3 is 5.32 Å². The molecule has 3 aromatic heterocycles. The SMILES string of the molecule is Cc1cc(=O)n(CC(=O)Nc2cccnc2)c2c1c(C)nn2-c1ccccc1. The second-order valence-corrected chi connectivity index (χ2v) is 6.57. The average Bonchev–Trinajstić information content (AvgIpc) is 3.04. The fraction of sp³-hybridized carbons (Fsp3) is 0.143. The summed E-state index contributed by atoms with van der Waals surface area (Å²) in [6, 6.07) is 14.6. The molecule has 0 saturated carbocycles. The van der Waals surface area contributed by atoms with Gasteiger partial charge in [-0.3, -0.25) is 19.1 Å². The quantitative estimate of drug-likeness (QED) is 0.596. The molecule has 0 aliphatic heterocycles. The lowest BCUT2D eigenvalue weighted by Crippen LogP contribution is -2.29. The van der Waals surface area contributed by atoms with Crippen LogP contribution < -0.4 is 10.9 Å². The van der Waals surface area contributed by atoms with Crippen LogP contribution in [0.4, 0.5) is 5.69 Å². The molecular formula is C21H19N5O2. The molecule has 140 valence electrons. The van der Waals surface area contributed by atoms with Crippen molar-refractivity contribution in [1.82, 2.24) is 19.3 Å². The van der Waals surface area contributed by atoms with Crippen LogP contribution in [0.25, 0.3) is 16.7 Å². The minimum atomic E-state index is -0.307. The summed E-state index contributed by atoms with van der Waals surface area (Å²) in [7, 11) is 0. The first-order valence-corrected chi connectivity index (χ1v) is 8.89. The summed E-state index contributed by atoms with van der Waals surface area (Å²) in [5.41, 5.74) is 3.41. The van der Waals surface area contributed by atoms with Crippen molar-refractivity contribution >= 4 is 22.6 Å². The third kappa shape index (κ3) is 3.18. The Morgan fingerprint density at radius 3 is 2.61 bits per heavy atom.